The van der Waals surface area contributed by atoms with Crippen LogP contribution in [0, 0.1) is 12.8 Å². The quantitative estimate of drug-likeness (QED) is 0.463. The molecule has 2 saturated heterocycles. The van der Waals surface area contributed by atoms with E-state index in [4.69, 9.17) is 13.7 Å². The van der Waals surface area contributed by atoms with Gasteiger partial charge in [-0.3, -0.25) is 9.69 Å². The number of halogens is 2. The van der Waals surface area contributed by atoms with Crippen molar-refractivity contribution in [1.82, 2.24) is 25.0 Å². The summed E-state index contributed by atoms with van der Waals surface area (Å²) in [7, 11) is 0. The lowest BCUT2D eigenvalue weighted by atomic mass is 9.86. The molecule has 2 aromatic rings. The van der Waals surface area contributed by atoms with E-state index in [9.17, 15) is 7.54 Å². The lowest BCUT2D eigenvalue weighted by Gasteiger charge is -2.40. The first-order chi connectivity index (χ1) is 22.2. The second-order valence-electron chi connectivity index (χ2n) is 10.1. The zero-order chi connectivity index (χ0) is 37.0. The summed E-state index contributed by atoms with van der Waals surface area (Å²) in [6.45, 7) is 3.07. The zero-order valence-corrected chi connectivity index (χ0v) is 21.2. The topological polar surface area (TPSA) is 63.1 Å². The number of carbonyl (C=O) groups is 1. The van der Waals surface area contributed by atoms with Crippen molar-refractivity contribution >= 4 is 5.91 Å². The van der Waals surface area contributed by atoms with Gasteiger partial charge in [0.05, 0.1) is 6.04 Å². The van der Waals surface area contributed by atoms with Gasteiger partial charge < -0.3 is 9.88 Å². The van der Waals surface area contributed by atoms with Crippen molar-refractivity contribution in [3.63, 3.8) is 0 Å². The van der Waals surface area contributed by atoms with Gasteiger partial charge in [0.2, 0.25) is 11.8 Å². The van der Waals surface area contributed by atoms with E-state index in [0.717, 1.165) is 0 Å². The van der Waals surface area contributed by atoms with Gasteiger partial charge in [-0.25, -0.2) is 8.78 Å². The van der Waals surface area contributed by atoms with Crippen LogP contribution in [0.3, 0.4) is 0 Å². The predicted molar refractivity (Wildman–Crippen MR) is 139 cm³/mol. The van der Waals surface area contributed by atoms with Gasteiger partial charge in [0.1, 0.15) is 11.6 Å². The maximum absolute atomic E-state index is 15.1. The molecule has 37 heavy (non-hydrogen) atoms. The number of hydrogen-bond donors (Lipinski definition) is 1. The summed E-state index contributed by atoms with van der Waals surface area (Å²) in [5.74, 6) is -11.1. The number of amides is 1. The van der Waals surface area contributed by atoms with Crippen LogP contribution in [-0.2, 0) is 4.79 Å². The normalized spacial score (nSPS) is 38.7. The van der Waals surface area contributed by atoms with E-state index in [1.807, 2.05) is 4.57 Å². The van der Waals surface area contributed by atoms with Crippen LogP contribution in [0.25, 0.3) is 0 Å². The van der Waals surface area contributed by atoms with Crippen LogP contribution in [0.5, 0.6) is 0 Å². The van der Waals surface area contributed by atoms with E-state index in [1.165, 1.54) is 12.1 Å². The standard InChI is InChI=1S/C29H41F2N5O/c1-19(2)27-34-33-20(3)36(27)25-17-23-9-10-24(18-25)35(23)16-13-26(21-7-5-4-6-8-21)32-28(37)22-11-14-29(30,31)15-12-22/h4-8,19,22-26H,9-18H2,1-3H3,(H,32,37)/i11D2,12D2,14D2,15D2,16D2,19D,22D. The Kier molecular flexibility index (Phi) is 4.46. The number of aromatic nitrogens is 3. The van der Waals surface area contributed by atoms with Gasteiger partial charge in [0.25, 0.3) is 0 Å². The molecular weight excluding hydrogens is 472 g/mol. The Bertz CT molecular complexity index is 1540. The van der Waals surface area contributed by atoms with Crippen molar-refractivity contribution < 1.29 is 30.0 Å². The molecule has 1 aromatic heterocycles. The van der Waals surface area contributed by atoms with Crippen molar-refractivity contribution in [1.29, 1.82) is 0 Å². The molecule has 1 N–H and O–H groups in total. The van der Waals surface area contributed by atoms with Crippen LogP contribution >= 0.6 is 0 Å². The van der Waals surface area contributed by atoms with Crippen LogP contribution in [0.1, 0.15) is 123 Å². The van der Waals surface area contributed by atoms with Gasteiger partial charge in [-0.05, 0) is 57.3 Å². The molecule has 8 heteroatoms. The smallest absolute Gasteiger partial charge is 0.248 e. The lowest BCUT2D eigenvalue weighted by Crippen LogP contribution is -2.45. The van der Waals surface area contributed by atoms with Crippen molar-refractivity contribution in [3.05, 3.63) is 47.5 Å². The van der Waals surface area contributed by atoms with E-state index in [2.05, 4.69) is 15.5 Å². The molecule has 6 nitrogen and oxygen atoms in total. The molecule has 2 bridgehead atoms. The summed E-state index contributed by atoms with van der Waals surface area (Å²) in [4.78, 5) is 15.6. The Hall–Kier alpha value is -2.35. The summed E-state index contributed by atoms with van der Waals surface area (Å²) >= 11 is 0. The number of aryl methyl sites for hydroxylation is 1. The fourth-order valence-electron chi connectivity index (χ4n) is 5.59. The molecule has 3 atom stereocenters. The summed E-state index contributed by atoms with van der Waals surface area (Å²) < 4.78 is 132. The van der Waals surface area contributed by atoms with E-state index in [0.29, 0.717) is 37.3 Å². The van der Waals surface area contributed by atoms with Gasteiger partial charge in [0.15, 0.2) is 0 Å². The number of piperidine rings is 1. The second-order valence-corrected chi connectivity index (χ2v) is 10.1. The third-order valence-electron chi connectivity index (χ3n) is 7.29. The highest BCUT2D eigenvalue weighted by Crippen LogP contribution is 2.42. The monoisotopic (exact) mass is 525 g/mol. The van der Waals surface area contributed by atoms with Crippen molar-refractivity contribution in [3.8, 4) is 0 Å². The van der Waals surface area contributed by atoms with Gasteiger partial charge in [-0.15, -0.1) is 10.2 Å². The second kappa shape index (κ2) is 10.8. The average molecular weight is 526 g/mol. The van der Waals surface area contributed by atoms with Crippen molar-refractivity contribution in [2.75, 3.05) is 6.50 Å². The molecular formula is C29H41F2N5O. The first-order valence-electron chi connectivity index (χ1n) is 18.6. The third-order valence-corrected chi connectivity index (χ3v) is 7.29. The molecule has 2 aliphatic heterocycles. The molecule has 1 saturated carbocycles. The van der Waals surface area contributed by atoms with Crippen LogP contribution in [0.2, 0.25) is 0 Å². The summed E-state index contributed by atoms with van der Waals surface area (Å²) in [6.07, 6.45) is -15.7. The van der Waals surface area contributed by atoms with E-state index < -0.39 is 68.1 Å². The molecule has 3 heterocycles. The minimum Gasteiger partial charge on any atom is -0.349 e. The average Bonchev–Trinajstić information content (AvgIpc) is 3.52. The SMILES string of the molecule is [2H]C(C)(C)c1nnc(C)n1C1CC2CCC(C1)N2C([2H])([2H])CC(NC(=O)C1([2H])C([2H])([2H])C([2H])([2H])C(F)(F)C([2H])([2H])C1([2H])[2H])c1ccccc1. The predicted octanol–water partition coefficient (Wildman–Crippen LogP) is 5.95. The summed E-state index contributed by atoms with van der Waals surface area (Å²) in [5.41, 5.74) is 0.265. The number of benzene rings is 1. The maximum Gasteiger partial charge on any atom is 0.248 e. The van der Waals surface area contributed by atoms with Crippen LogP contribution in [-0.4, -0.2) is 50.1 Å². The van der Waals surface area contributed by atoms with Gasteiger partial charge >= 0.3 is 0 Å². The third kappa shape index (κ3) is 5.74. The van der Waals surface area contributed by atoms with E-state index in [-0.39, 0.29) is 23.7 Å². The number of rotatable bonds is 8. The first-order valence-corrected chi connectivity index (χ1v) is 12.6. The van der Waals surface area contributed by atoms with Crippen LogP contribution in [0.4, 0.5) is 8.78 Å². The Balaban J connectivity index is 1.47. The minimum absolute atomic E-state index is 0.106. The molecule has 1 aliphatic carbocycles. The molecule has 202 valence electrons. The van der Waals surface area contributed by atoms with Crippen molar-refractivity contribution in [2.45, 2.75) is 114 Å². The molecule has 1 aromatic carbocycles. The molecule has 0 spiro atoms. The number of nitrogens with zero attached hydrogens (tertiary/aromatic N) is 4. The first kappa shape index (κ1) is 15.3. The highest BCUT2D eigenvalue weighted by Gasteiger charge is 2.42. The largest absolute Gasteiger partial charge is 0.349 e. The summed E-state index contributed by atoms with van der Waals surface area (Å²) in [6, 6.07) is 5.74. The summed E-state index contributed by atoms with van der Waals surface area (Å²) in [5, 5.41) is 10.7. The number of nitrogens with one attached hydrogen (secondary N) is 1. The molecule has 3 aliphatic rings. The highest BCUT2D eigenvalue weighted by molar-refractivity contribution is 5.79. The Labute approximate surface area is 236 Å². The Morgan fingerprint density at radius 3 is 2.46 bits per heavy atom. The van der Waals surface area contributed by atoms with Crippen LogP contribution < -0.4 is 5.32 Å². The Morgan fingerprint density at radius 1 is 1.19 bits per heavy atom. The fourth-order valence-corrected chi connectivity index (χ4v) is 5.59. The number of fused-ring (bicyclic) bond motifs is 2. The number of alkyl halides is 2. The van der Waals surface area contributed by atoms with Crippen LogP contribution in [0.15, 0.2) is 30.3 Å². The highest BCUT2D eigenvalue weighted by atomic mass is 19.3. The number of carbonyl (C=O) groups excluding carboxylic acids is 1. The zero-order valence-electron chi connectivity index (χ0n) is 33.2. The maximum atomic E-state index is 15.1. The van der Waals surface area contributed by atoms with E-state index in [1.54, 1.807) is 43.9 Å². The molecule has 5 rings (SSSR count). The van der Waals surface area contributed by atoms with Gasteiger partial charge in [0, 0.05) is 65.6 Å². The Morgan fingerprint density at radius 2 is 1.84 bits per heavy atom. The van der Waals surface area contributed by atoms with Gasteiger partial charge in [-0.2, -0.15) is 0 Å². The number of hydrogen-bond acceptors (Lipinski definition) is 4. The van der Waals surface area contributed by atoms with Gasteiger partial charge in [-0.1, -0.05) is 44.2 Å². The fraction of sp³-hybridized carbons (Fsp3) is 0.690. The molecule has 3 unspecified atom stereocenters. The molecule has 0 radical (unpaired) electrons. The minimum atomic E-state index is -5.28. The lowest BCUT2D eigenvalue weighted by molar-refractivity contribution is -0.130. The van der Waals surface area contributed by atoms with E-state index >= 15 is 8.78 Å². The molecule has 1 amide bonds. The van der Waals surface area contributed by atoms with Crippen molar-refractivity contribution in [2.24, 2.45) is 5.89 Å². The molecule has 3 fully saturated rings.